The molecule has 0 spiro atoms. The van der Waals surface area contributed by atoms with Gasteiger partial charge in [-0.2, -0.15) is 0 Å². The summed E-state index contributed by atoms with van der Waals surface area (Å²) in [7, 11) is 0. The zero-order chi connectivity index (χ0) is 11.8. The van der Waals surface area contributed by atoms with Gasteiger partial charge in [0.05, 0.1) is 5.88 Å². The molecule has 0 saturated carbocycles. The van der Waals surface area contributed by atoms with Crippen LogP contribution in [0.25, 0.3) is 0 Å². The van der Waals surface area contributed by atoms with Crippen molar-refractivity contribution in [2.75, 3.05) is 23.9 Å². The lowest BCUT2D eigenvalue weighted by Gasteiger charge is -2.18. The summed E-state index contributed by atoms with van der Waals surface area (Å²) in [4.78, 5) is 17.9. The summed E-state index contributed by atoms with van der Waals surface area (Å²) >= 11 is 7.03. The number of Topliss-reactive ketones (excluding diaryl/α,β-unsaturated/α-hetero) is 1. The number of thiazole rings is 1. The minimum atomic E-state index is -0.0948. The van der Waals surface area contributed by atoms with Crippen LogP contribution >= 0.6 is 22.9 Å². The highest BCUT2D eigenvalue weighted by atomic mass is 35.5. The monoisotopic (exact) mass is 258 g/mol. The molecule has 2 rings (SSSR count). The highest BCUT2D eigenvalue weighted by Gasteiger charge is 2.30. The summed E-state index contributed by atoms with van der Waals surface area (Å²) in [5.41, 5.74) is 0.849. The van der Waals surface area contributed by atoms with Crippen molar-refractivity contribution in [1.29, 1.82) is 0 Å². The minimum Gasteiger partial charge on any atom is -0.348 e. The Balaban J connectivity index is 2.11. The van der Waals surface area contributed by atoms with E-state index in [9.17, 15) is 4.79 Å². The maximum atomic E-state index is 11.4. The van der Waals surface area contributed by atoms with Crippen LogP contribution in [-0.2, 0) is 0 Å². The third-order valence-electron chi connectivity index (χ3n) is 2.85. The third kappa shape index (κ3) is 2.38. The van der Waals surface area contributed by atoms with Gasteiger partial charge in [0, 0.05) is 18.5 Å². The fourth-order valence-corrected chi connectivity index (χ4v) is 2.88. The molecule has 88 valence electrons. The largest absolute Gasteiger partial charge is 0.348 e. The molecule has 0 aromatic carbocycles. The SMILES string of the molecule is CC1(C)CCN(c2nc(C(=O)CCl)cs2)C1. The van der Waals surface area contributed by atoms with Gasteiger partial charge >= 0.3 is 0 Å². The van der Waals surface area contributed by atoms with Crippen LogP contribution in [-0.4, -0.2) is 29.7 Å². The average molecular weight is 259 g/mol. The summed E-state index contributed by atoms with van der Waals surface area (Å²) in [6.45, 7) is 6.54. The molecule has 2 heterocycles. The van der Waals surface area contributed by atoms with Gasteiger partial charge < -0.3 is 4.90 Å². The van der Waals surface area contributed by atoms with Crippen LogP contribution in [0.4, 0.5) is 5.13 Å². The number of halogens is 1. The summed E-state index contributed by atoms with van der Waals surface area (Å²) in [6.07, 6.45) is 1.17. The van der Waals surface area contributed by atoms with E-state index in [1.54, 1.807) is 5.38 Å². The smallest absolute Gasteiger partial charge is 0.196 e. The fourth-order valence-electron chi connectivity index (χ4n) is 1.88. The van der Waals surface area contributed by atoms with Gasteiger partial charge in [0.25, 0.3) is 0 Å². The van der Waals surface area contributed by atoms with Gasteiger partial charge in [-0.1, -0.05) is 13.8 Å². The molecule has 1 aromatic heterocycles. The van der Waals surface area contributed by atoms with Crippen molar-refractivity contribution in [2.24, 2.45) is 5.41 Å². The molecule has 5 heteroatoms. The molecule has 1 aliphatic rings. The molecule has 0 N–H and O–H groups in total. The van der Waals surface area contributed by atoms with Crippen molar-refractivity contribution in [3.8, 4) is 0 Å². The van der Waals surface area contributed by atoms with Crippen LogP contribution in [0.3, 0.4) is 0 Å². The Morgan fingerprint density at radius 3 is 3.00 bits per heavy atom. The number of carbonyl (C=O) groups is 1. The second kappa shape index (κ2) is 4.34. The lowest BCUT2D eigenvalue weighted by molar-refractivity contribution is 0.101. The summed E-state index contributed by atoms with van der Waals surface area (Å²) in [6, 6.07) is 0. The van der Waals surface area contributed by atoms with Gasteiger partial charge in [0.2, 0.25) is 0 Å². The number of alkyl halides is 1. The van der Waals surface area contributed by atoms with Crippen LogP contribution in [0.15, 0.2) is 5.38 Å². The van der Waals surface area contributed by atoms with Crippen molar-refractivity contribution in [3.63, 3.8) is 0 Å². The Morgan fingerprint density at radius 1 is 1.69 bits per heavy atom. The number of anilines is 1. The van der Waals surface area contributed by atoms with Crippen LogP contribution in [0, 0.1) is 5.41 Å². The Labute approximate surface area is 104 Å². The van der Waals surface area contributed by atoms with Crippen molar-refractivity contribution in [3.05, 3.63) is 11.1 Å². The Hall–Kier alpha value is -0.610. The number of nitrogens with zero attached hydrogens (tertiary/aromatic N) is 2. The zero-order valence-corrected chi connectivity index (χ0v) is 11.1. The van der Waals surface area contributed by atoms with E-state index in [0.29, 0.717) is 11.1 Å². The molecule has 0 atom stereocenters. The lowest BCUT2D eigenvalue weighted by Crippen LogP contribution is -2.22. The van der Waals surface area contributed by atoms with Crippen molar-refractivity contribution >= 4 is 33.9 Å². The normalized spacial score (nSPS) is 19.1. The molecule has 0 radical (unpaired) electrons. The van der Waals surface area contributed by atoms with E-state index in [2.05, 4.69) is 23.7 Å². The molecule has 0 bridgehead atoms. The summed E-state index contributed by atoms with van der Waals surface area (Å²) in [5, 5.41) is 2.74. The first-order valence-corrected chi connectivity index (χ1v) is 6.73. The Kier molecular flexibility index (Phi) is 3.22. The molecule has 1 aromatic rings. The van der Waals surface area contributed by atoms with Crippen molar-refractivity contribution in [1.82, 2.24) is 4.98 Å². The number of hydrogen-bond donors (Lipinski definition) is 0. The molecule has 1 aliphatic heterocycles. The first-order valence-electron chi connectivity index (χ1n) is 5.31. The molecule has 0 amide bonds. The molecule has 16 heavy (non-hydrogen) atoms. The second-order valence-corrected chi connectivity index (χ2v) is 6.01. The quantitative estimate of drug-likeness (QED) is 0.618. The molecular weight excluding hydrogens is 244 g/mol. The molecule has 0 aliphatic carbocycles. The standard InChI is InChI=1S/C11H15ClN2OS/c1-11(2)3-4-14(7-11)10-13-8(6-16-10)9(15)5-12/h6H,3-5,7H2,1-2H3. The second-order valence-electron chi connectivity index (χ2n) is 4.91. The van der Waals surface area contributed by atoms with Gasteiger partial charge in [-0.05, 0) is 11.8 Å². The predicted octanol–water partition coefficient (Wildman–Crippen LogP) is 2.80. The van der Waals surface area contributed by atoms with Gasteiger partial charge in [-0.25, -0.2) is 4.98 Å². The maximum absolute atomic E-state index is 11.4. The maximum Gasteiger partial charge on any atom is 0.196 e. The topological polar surface area (TPSA) is 33.2 Å². The Morgan fingerprint density at radius 2 is 2.44 bits per heavy atom. The number of hydrogen-bond acceptors (Lipinski definition) is 4. The zero-order valence-electron chi connectivity index (χ0n) is 9.49. The highest BCUT2D eigenvalue weighted by molar-refractivity contribution is 7.14. The van der Waals surface area contributed by atoms with Gasteiger partial charge in [-0.15, -0.1) is 22.9 Å². The van der Waals surface area contributed by atoms with E-state index in [4.69, 9.17) is 11.6 Å². The van der Waals surface area contributed by atoms with E-state index in [1.165, 1.54) is 17.8 Å². The summed E-state index contributed by atoms with van der Waals surface area (Å²) < 4.78 is 0. The number of rotatable bonds is 3. The molecule has 1 fully saturated rings. The van der Waals surface area contributed by atoms with E-state index in [0.717, 1.165) is 18.2 Å². The average Bonchev–Trinajstić information content (AvgIpc) is 2.83. The van der Waals surface area contributed by atoms with E-state index in [1.807, 2.05) is 0 Å². The van der Waals surface area contributed by atoms with Crippen LogP contribution in [0.1, 0.15) is 30.8 Å². The van der Waals surface area contributed by atoms with Gasteiger partial charge in [-0.3, -0.25) is 4.79 Å². The first-order chi connectivity index (χ1) is 7.52. The van der Waals surface area contributed by atoms with Crippen LogP contribution in [0.5, 0.6) is 0 Å². The van der Waals surface area contributed by atoms with E-state index >= 15 is 0 Å². The molecule has 0 unspecified atom stereocenters. The van der Waals surface area contributed by atoms with Crippen molar-refractivity contribution in [2.45, 2.75) is 20.3 Å². The minimum absolute atomic E-state index is 0.00860. The van der Waals surface area contributed by atoms with Gasteiger partial charge in [0.15, 0.2) is 10.9 Å². The third-order valence-corrected chi connectivity index (χ3v) is 3.99. The fraction of sp³-hybridized carbons (Fsp3) is 0.636. The van der Waals surface area contributed by atoms with Gasteiger partial charge in [0.1, 0.15) is 5.69 Å². The first kappa shape index (κ1) is 11.9. The molecule has 3 nitrogen and oxygen atoms in total. The van der Waals surface area contributed by atoms with E-state index < -0.39 is 0 Å². The van der Waals surface area contributed by atoms with Crippen LogP contribution < -0.4 is 4.90 Å². The molecule has 1 saturated heterocycles. The Bertz CT molecular complexity index is 402. The lowest BCUT2D eigenvalue weighted by atomic mass is 9.93. The van der Waals surface area contributed by atoms with Crippen LogP contribution in [0.2, 0.25) is 0 Å². The predicted molar refractivity (Wildman–Crippen MR) is 67.8 cm³/mol. The number of ketones is 1. The molecular formula is C11H15ClN2OS. The summed E-state index contributed by atoms with van der Waals surface area (Å²) in [5.74, 6) is -0.0862. The number of carbonyl (C=O) groups excluding carboxylic acids is 1. The van der Waals surface area contributed by atoms with Crippen molar-refractivity contribution < 1.29 is 4.79 Å². The number of aromatic nitrogens is 1. The van der Waals surface area contributed by atoms with E-state index in [-0.39, 0.29) is 11.7 Å². The highest BCUT2D eigenvalue weighted by Crippen LogP contribution is 2.33.